The topological polar surface area (TPSA) is 71.5 Å². The van der Waals surface area contributed by atoms with E-state index in [-0.39, 0.29) is 11.8 Å². The minimum atomic E-state index is -0.433. The molecule has 4 rings (SSSR count). The van der Waals surface area contributed by atoms with Gasteiger partial charge in [-0.2, -0.15) is 0 Å². The molecular formula is C19H19N3O3S2. The van der Waals surface area contributed by atoms with E-state index in [0.717, 1.165) is 36.6 Å². The maximum absolute atomic E-state index is 12.6. The van der Waals surface area contributed by atoms with Gasteiger partial charge in [-0.05, 0) is 36.4 Å². The smallest absolute Gasteiger partial charge is 0.340 e. The molecule has 8 heteroatoms. The second-order valence-corrected chi connectivity index (χ2v) is 8.29. The Bertz CT molecular complexity index is 940. The van der Waals surface area contributed by atoms with Crippen LogP contribution in [0.5, 0.6) is 0 Å². The lowest BCUT2D eigenvalue weighted by Gasteiger charge is -2.30. The zero-order valence-electron chi connectivity index (χ0n) is 14.8. The third-order valence-corrected chi connectivity index (χ3v) is 6.65. The molecule has 1 aromatic carbocycles. The Morgan fingerprint density at radius 3 is 2.74 bits per heavy atom. The van der Waals surface area contributed by atoms with Gasteiger partial charge in [0, 0.05) is 19.0 Å². The van der Waals surface area contributed by atoms with Gasteiger partial charge in [-0.15, -0.1) is 11.3 Å². The second-order valence-electron chi connectivity index (χ2n) is 6.37. The summed E-state index contributed by atoms with van der Waals surface area (Å²) < 4.78 is 5.94. The molecule has 0 spiro atoms. The minimum Gasteiger partial charge on any atom is -0.465 e. The SMILES string of the molecule is COC(=O)c1ccsc1NC(=O)C1CCN(c2nc3ccccc3s2)CC1. The summed E-state index contributed by atoms with van der Waals surface area (Å²) in [5, 5.41) is 6.25. The van der Waals surface area contributed by atoms with E-state index in [9.17, 15) is 9.59 Å². The lowest BCUT2D eigenvalue weighted by Crippen LogP contribution is -2.38. The van der Waals surface area contributed by atoms with Gasteiger partial charge in [-0.25, -0.2) is 9.78 Å². The van der Waals surface area contributed by atoms with Crippen LogP contribution in [0.15, 0.2) is 35.7 Å². The van der Waals surface area contributed by atoms with Crippen LogP contribution in [0.1, 0.15) is 23.2 Å². The van der Waals surface area contributed by atoms with Gasteiger partial charge >= 0.3 is 5.97 Å². The third-order valence-electron chi connectivity index (χ3n) is 4.73. The van der Waals surface area contributed by atoms with Crippen molar-refractivity contribution in [3.8, 4) is 0 Å². The molecule has 27 heavy (non-hydrogen) atoms. The molecule has 3 heterocycles. The number of methoxy groups -OCH3 is 1. The number of para-hydroxylation sites is 1. The number of hydrogen-bond acceptors (Lipinski definition) is 7. The average molecular weight is 402 g/mol. The second kappa shape index (κ2) is 7.66. The number of ether oxygens (including phenoxy) is 1. The Kier molecular flexibility index (Phi) is 5.09. The predicted octanol–water partition coefficient (Wildman–Crippen LogP) is 4.00. The molecule has 1 amide bonds. The summed E-state index contributed by atoms with van der Waals surface area (Å²) in [6.07, 6.45) is 1.53. The molecule has 0 saturated carbocycles. The van der Waals surface area contributed by atoms with Crippen LogP contribution in [0.25, 0.3) is 10.2 Å². The highest BCUT2D eigenvalue weighted by molar-refractivity contribution is 7.22. The summed E-state index contributed by atoms with van der Waals surface area (Å²) >= 11 is 3.02. The summed E-state index contributed by atoms with van der Waals surface area (Å²) in [6, 6.07) is 9.79. The van der Waals surface area contributed by atoms with E-state index < -0.39 is 5.97 Å². The first kappa shape index (κ1) is 17.9. The Hall–Kier alpha value is -2.45. The molecule has 1 N–H and O–H groups in total. The molecule has 6 nitrogen and oxygen atoms in total. The van der Waals surface area contributed by atoms with Gasteiger partial charge in [0.15, 0.2) is 5.13 Å². The monoisotopic (exact) mass is 401 g/mol. The molecule has 1 saturated heterocycles. The summed E-state index contributed by atoms with van der Waals surface area (Å²) in [5.41, 5.74) is 1.42. The summed E-state index contributed by atoms with van der Waals surface area (Å²) in [5.74, 6) is -0.535. The van der Waals surface area contributed by atoms with Crippen LogP contribution in [0.2, 0.25) is 0 Å². The highest BCUT2D eigenvalue weighted by Crippen LogP contribution is 2.32. The number of benzene rings is 1. The van der Waals surface area contributed by atoms with Gasteiger partial charge < -0.3 is 15.0 Å². The molecule has 1 aliphatic rings. The molecule has 140 valence electrons. The molecule has 0 radical (unpaired) electrons. The van der Waals surface area contributed by atoms with Crippen molar-refractivity contribution < 1.29 is 14.3 Å². The van der Waals surface area contributed by atoms with Gasteiger partial charge in [0.25, 0.3) is 0 Å². The highest BCUT2D eigenvalue weighted by atomic mass is 32.1. The molecule has 0 atom stereocenters. The van der Waals surface area contributed by atoms with E-state index in [1.807, 2.05) is 18.2 Å². The van der Waals surface area contributed by atoms with Crippen molar-refractivity contribution in [3.63, 3.8) is 0 Å². The van der Waals surface area contributed by atoms with Crippen molar-refractivity contribution in [2.75, 3.05) is 30.4 Å². The first-order chi connectivity index (χ1) is 13.2. The first-order valence-corrected chi connectivity index (χ1v) is 10.4. The van der Waals surface area contributed by atoms with E-state index in [0.29, 0.717) is 10.6 Å². The van der Waals surface area contributed by atoms with E-state index >= 15 is 0 Å². The largest absolute Gasteiger partial charge is 0.465 e. The van der Waals surface area contributed by atoms with Crippen LogP contribution in [0, 0.1) is 5.92 Å². The maximum atomic E-state index is 12.6. The van der Waals surface area contributed by atoms with Gasteiger partial charge in [0.2, 0.25) is 5.91 Å². The molecule has 0 bridgehead atoms. The van der Waals surface area contributed by atoms with Gasteiger partial charge in [-0.3, -0.25) is 4.79 Å². The van der Waals surface area contributed by atoms with Crippen LogP contribution < -0.4 is 10.2 Å². The first-order valence-electron chi connectivity index (χ1n) is 8.73. The van der Waals surface area contributed by atoms with Gasteiger partial charge in [0.1, 0.15) is 5.00 Å². The van der Waals surface area contributed by atoms with Crippen LogP contribution in [-0.2, 0) is 9.53 Å². The Balaban J connectivity index is 1.38. The quantitative estimate of drug-likeness (QED) is 0.669. The normalized spacial score (nSPS) is 15.1. The fourth-order valence-corrected chi connectivity index (χ4v) is 5.01. The number of rotatable bonds is 4. The summed E-state index contributed by atoms with van der Waals surface area (Å²) in [7, 11) is 1.34. The Morgan fingerprint density at radius 1 is 1.22 bits per heavy atom. The minimum absolute atomic E-state index is 0.0356. The Morgan fingerprint density at radius 2 is 2.00 bits per heavy atom. The van der Waals surface area contributed by atoms with Crippen molar-refractivity contribution in [1.82, 2.24) is 4.98 Å². The number of nitrogens with one attached hydrogen (secondary N) is 1. The van der Waals surface area contributed by atoms with Crippen molar-refractivity contribution in [1.29, 1.82) is 0 Å². The van der Waals surface area contributed by atoms with Crippen LogP contribution in [-0.4, -0.2) is 37.1 Å². The number of anilines is 2. The number of hydrogen-bond donors (Lipinski definition) is 1. The molecule has 3 aromatic rings. The number of carbonyl (C=O) groups is 2. The number of piperidine rings is 1. The third kappa shape index (κ3) is 3.68. The van der Waals surface area contributed by atoms with Crippen LogP contribution in [0.3, 0.4) is 0 Å². The van der Waals surface area contributed by atoms with Gasteiger partial charge in [-0.1, -0.05) is 23.5 Å². The van der Waals surface area contributed by atoms with E-state index in [4.69, 9.17) is 9.72 Å². The molecule has 0 unspecified atom stereocenters. The predicted molar refractivity (Wildman–Crippen MR) is 109 cm³/mol. The number of carbonyl (C=O) groups excluding carboxylic acids is 2. The van der Waals surface area contributed by atoms with Crippen molar-refractivity contribution in [2.24, 2.45) is 5.92 Å². The number of amides is 1. The summed E-state index contributed by atoms with van der Waals surface area (Å²) in [4.78, 5) is 31.3. The fourth-order valence-electron chi connectivity index (χ4n) is 3.22. The number of nitrogens with zero attached hydrogens (tertiary/aromatic N) is 2. The molecular weight excluding hydrogens is 382 g/mol. The lowest BCUT2D eigenvalue weighted by molar-refractivity contribution is -0.120. The lowest BCUT2D eigenvalue weighted by atomic mass is 9.96. The molecule has 2 aromatic heterocycles. The van der Waals surface area contributed by atoms with E-state index in [1.54, 1.807) is 22.8 Å². The maximum Gasteiger partial charge on any atom is 0.340 e. The number of fused-ring (bicyclic) bond motifs is 1. The van der Waals surface area contributed by atoms with Crippen molar-refractivity contribution >= 4 is 54.9 Å². The van der Waals surface area contributed by atoms with Crippen molar-refractivity contribution in [2.45, 2.75) is 12.8 Å². The number of aromatic nitrogens is 1. The molecule has 0 aliphatic carbocycles. The number of thiazole rings is 1. The van der Waals surface area contributed by atoms with E-state index in [1.165, 1.54) is 23.1 Å². The van der Waals surface area contributed by atoms with Gasteiger partial charge in [0.05, 0.1) is 22.9 Å². The standard InChI is InChI=1S/C19H19N3O3S2/c1-25-18(24)13-8-11-26-17(13)21-16(23)12-6-9-22(10-7-12)19-20-14-4-2-3-5-15(14)27-19/h2-5,8,11-12H,6-7,9-10H2,1H3,(H,21,23). The van der Waals surface area contributed by atoms with E-state index in [2.05, 4.69) is 16.3 Å². The van der Waals surface area contributed by atoms with Crippen LogP contribution in [0.4, 0.5) is 10.1 Å². The highest BCUT2D eigenvalue weighted by Gasteiger charge is 2.27. The number of thiophene rings is 1. The number of esters is 1. The average Bonchev–Trinajstić information content (AvgIpc) is 3.34. The fraction of sp³-hybridized carbons (Fsp3) is 0.316. The summed E-state index contributed by atoms with van der Waals surface area (Å²) in [6.45, 7) is 1.60. The Labute approximate surface area is 164 Å². The van der Waals surface area contributed by atoms with Crippen LogP contribution >= 0.6 is 22.7 Å². The van der Waals surface area contributed by atoms with Crippen molar-refractivity contribution in [3.05, 3.63) is 41.3 Å². The molecule has 1 aliphatic heterocycles. The zero-order chi connectivity index (χ0) is 18.8. The zero-order valence-corrected chi connectivity index (χ0v) is 16.4. The molecule has 1 fully saturated rings.